The topological polar surface area (TPSA) is 35.0 Å². The van der Waals surface area contributed by atoms with Crippen LogP contribution in [0.2, 0.25) is 18.1 Å². The molecule has 0 amide bonds. The molecule has 1 atom stereocenters. The molecule has 0 radical (unpaired) electrons. The fourth-order valence-electron chi connectivity index (χ4n) is 2.72. The van der Waals surface area contributed by atoms with Crippen LogP contribution < -0.4 is 0 Å². The molecule has 0 bridgehead atoms. The number of rotatable bonds is 3. The summed E-state index contributed by atoms with van der Waals surface area (Å²) >= 11 is 3.57. The highest BCUT2D eigenvalue weighted by atomic mass is 79.9. The van der Waals surface area contributed by atoms with Gasteiger partial charge in [0.15, 0.2) is 8.32 Å². The molecule has 3 rings (SSSR count). The minimum Gasteiger partial charge on any atom is -0.410 e. The van der Waals surface area contributed by atoms with Gasteiger partial charge in [-0.1, -0.05) is 39.0 Å². The van der Waals surface area contributed by atoms with Crippen LogP contribution in [0.25, 0.3) is 22.1 Å². The zero-order valence-electron chi connectivity index (χ0n) is 15.7. The molecule has 0 unspecified atom stereocenters. The van der Waals surface area contributed by atoms with E-state index in [0.717, 1.165) is 32.1 Å². The van der Waals surface area contributed by atoms with Crippen LogP contribution in [0.4, 0.5) is 0 Å². The monoisotopic (exact) mass is 416 g/mol. The van der Waals surface area contributed by atoms with Crippen LogP contribution >= 0.6 is 15.9 Å². The zero-order valence-corrected chi connectivity index (χ0v) is 18.3. The number of hydrogen-bond acceptors (Lipinski definition) is 3. The lowest BCUT2D eigenvalue weighted by molar-refractivity contribution is 0.204. The lowest BCUT2D eigenvalue weighted by atomic mass is 10.1. The second-order valence-electron chi connectivity index (χ2n) is 8.07. The second-order valence-corrected chi connectivity index (χ2v) is 13.7. The summed E-state index contributed by atoms with van der Waals surface area (Å²) in [4.78, 5) is 9.71. The highest BCUT2D eigenvalue weighted by Gasteiger charge is 2.38. The Balaban J connectivity index is 2.10. The average molecular weight is 417 g/mol. The fourth-order valence-corrected chi connectivity index (χ4v) is 4.53. The predicted octanol–water partition coefficient (Wildman–Crippen LogP) is 6.63. The van der Waals surface area contributed by atoms with E-state index in [4.69, 9.17) is 14.4 Å². The fraction of sp³-hybridized carbons (Fsp3) is 0.400. The predicted molar refractivity (Wildman–Crippen MR) is 111 cm³/mol. The van der Waals surface area contributed by atoms with E-state index in [1.165, 1.54) is 0 Å². The molecular weight excluding hydrogens is 392 g/mol. The maximum absolute atomic E-state index is 6.59. The van der Waals surface area contributed by atoms with Crippen molar-refractivity contribution in [1.29, 1.82) is 0 Å². The number of halogens is 1. The number of hydrogen-bond donors (Lipinski definition) is 0. The maximum Gasteiger partial charge on any atom is 0.192 e. The summed E-state index contributed by atoms with van der Waals surface area (Å²) in [7, 11) is -1.86. The van der Waals surface area contributed by atoms with Gasteiger partial charge in [0.1, 0.15) is 5.52 Å². The largest absolute Gasteiger partial charge is 0.410 e. The first-order valence-electron chi connectivity index (χ1n) is 8.63. The van der Waals surface area contributed by atoms with Crippen LogP contribution in [0.15, 0.2) is 40.9 Å². The van der Waals surface area contributed by atoms with E-state index in [1.54, 1.807) is 0 Å². The Bertz CT molecular complexity index is 934. The minimum atomic E-state index is -1.86. The minimum absolute atomic E-state index is 0.0107. The number of fused-ring (bicyclic) bond motifs is 2. The van der Waals surface area contributed by atoms with E-state index in [1.807, 2.05) is 30.3 Å². The Morgan fingerprint density at radius 1 is 0.960 bits per heavy atom. The average Bonchev–Trinajstić information content (AvgIpc) is 2.51. The van der Waals surface area contributed by atoms with Crippen molar-refractivity contribution in [3.63, 3.8) is 0 Å². The summed E-state index contributed by atoms with van der Waals surface area (Å²) in [5.41, 5.74) is 4.73. The third kappa shape index (κ3) is 3.50. The standard InChI is InChI=1S/C20H25BrN2OSi/c1-13(24-25(5,6)20(2,3)4)14-9-7-11-16-18(14)22-17-12-8-10-15(21)19(17)23-16/h7-13H,1-6H3/t13-/m1/s1. The van der Waals surface area contributed by atoms with Crippen LogP contribution in [-0.4, -0.2) is 18.3 Å². The van der Waals surface area contributed by atoms with Crippen LogP contribution in [-0.2, 0) is 4.43 Å². The van der Waals surface area contributed by atoms with Gasteiger partial charge in [0.2, 0.25) is 0 Å². The normalized spacial score (nSPS) is 14.2. The molecule has 0 saturated heterocycles. The van der Waals surface area contributed by atoms with E-state index in [0.29, 0.717) is 0 Å². The van der Waals surface area contributed by atoms with Crippen molar-refractivity contribution in [2.24, 2.45) is 0 Å². The van der Waals surface area contributed by atoms with Crippen LogP contribution in [0.3, 0.4) is 0 Å². The molecule has 5 heteroatoms. The quantitative estimate of drug-likeness (QED) is 0.354. The Morgan fingerprint density at radius 3 is 2.16 bits per heavy atom. The van der Waals surface area contributed by atoms with Gasteiger partial charge in [-0.25, -0.2) is 9.97 Å². The number of benzene rings is 2. The van der Waals surface area contributed by atoms with E-state index in [2.05, 4.69) is 62.8 Å². The lowest BCUT2D eigenvalue weighted by Crippen LogP contribution is -2.41. The van der Waals surface area contributed by atoms with Gasteiger partial charge in [0.25, 0.3) is 0 Å². The van der Waals surface area contributed by atoms with Crippen molar-refractivity contribution in [2.45, 2.75) is 51.9 Å². The first-order valence-corrected chi connectivity index (χ1v) is 12.3. The first kappa shape index (κ1) is 18.5. The van der Waals surface area contributed by atoms with Crippen LogP contribution in [0.5, 0.6) is 0 Å². The molecule has 0 spiro atoms. The highest BCUT2D eigenvalue weighted by Crippen LogP contribution is 2.40. The van der Waals surface area contributed by atoms with Gasteiger partial charge in [-0.05, 0) is 59.2 Å². The summed E-state index contributed by atoms with van der Waals surface area (Å²) in [6, 6.07) is 12.2. The molecule has 0 N–H and O–H groups in total. The summed E-state index contributed by atoms with van der Waals surface area (Å²) in [5.74, 6) is 0. The van der Waals surface area contributed by atoms with E-state index in [9.17, 15) is 0 Å². The van der Waals surface area contributed by atoms with Gasteiger partial charge in [0, 0.05) is 10.0 Å². The zero-order chi connectivity index (χ0) is 18.4. The maximum atomic E-state index is 6.59. The second kappa shape index (κ2) is 6.45. The van der Waals surface area contributed by atoms with Crippen LogP contribution in [0, 0.1) is 0 Å². The number of aromatic nitrogens is 2. The molecule has 25 heavy (non-hydrogen) atoms. The molecule has 0 aliphatic heterocycles. The van der Waals surface area contributed by atoms with Crippen molar-refractivity contribution in [3.8, 4) is 0 Å². The number of nitrogens with zero attached hydrogens (tertiary/aromatic N) is 2. The van der Waals surface area contributed by atoms with Gasteiger partial charge in [-0.3, -0.25) is 0 Å². The number of para-hydroxylation sites is 2. The van der Waals surface area contributed by atoms with Gasteiger partial charge >= 0.3 is 0 Å². The van der Waals surface area contributed by atoms with Gasteiger partial charge < -0.3 is 4.43 Å². The van der Waals surface area contributed by atoms with Crippen molar-refractivity contribution >= 4 is 46.3 Å². The molecule has 3 nitrogen and oxygen atoms in total. The van der Waals surface area contributed by atoms with Crippen molar-refractivity contribution in [3.05, 3.63) is 46.4 Å². The Hall–Kier alpha value is -1.30. The summed E-state index contributed by atoms with van der Waals surface area (Å²) in [6.45, 7) is 13.5. The molecule has 3 aromatic rings. The lowest BCUT2D eigenvalue weighted by Gasteiger charge is -2.38. The highest BCUT2D eigenvalue weighted by molar-refractivity contribution is 9.10. The molecular formula is C20H25BrN2OSi. The summed E-state index contributed by atoms with van der Waals surface area (Å²) in [5, 5.41) is 0.176. The van der Waals surface area contributed by atoms with Crippen molar-refractivity contribution in [2.75, 3.05) is 0 Å². The molecule has 0 saturated carbocycles. The van der Waals surface area contributed by atoms with Gasteiger partial charge in [-0.2, -0.15) is 0 Å². The third-order valence-electron chi connectivity index (χ3n) is 5.19. The molecule has 1 aromatic heterocycles. The summed E-state index contributed by atoms with van der Waals surface area (Å²) < 4.78 is 7.56. The molecule has 1 heterocycles. The molecule has 132 valence electrons. The van der Waals surface area contributed by atoms with E-state index < -0.39 is 8.32 Å². The SMILES string of the molecule is C[C@@H](O[Si](C)(C)C(C)(C)C)c1cccc2nc3c(Br)cccc3nc12. The first-order chi connectivity index (χ1) is 11.6. The van der Waals surface area contributed by atoms with Crippen LogP contribution in [0.1, 0.15) is 39.4 Å². The van der Waals surface area contributed by atoms with Crippen molar-refractivity contribution < 1.29 is 4.43 Å². The van der Waals surface area contributed by atoms with E-state index in [-0.39, 0.29) is 11.1 Å². The molecule has 0 aliphatic carbocycles. The van der Waals surface area contributed by atoms with E-state index >= 15 is 0 Å². The molecule has 2 aromatic carbocycles. The molecule has 0 fully saturated rings. The third-order valence-corrected chi connectivity index (χ3v) is 10.4. The Kier molecular flexibility index (Phi) is 4.77. The van der Waals surface area contributed by atoms with Gasteiger partial charge in [0.05, 0.1) is 22.7 Å². The van der Waals surface area contributed by atoms with Gasteiger partial charge in [-0.15, -0.1) is 0 Å². The molecule has 0 aliphatic rings. The Morgan fingerprint density at radius 2 is 1.52 bits per heavy atom. The van der Waals surface area contributed by atoms with Crippen molar-refractivity contribution in [1.82, 2.24) is 9.97 Å². The smallest absolute Gasteiger partial charge is 0.192 e. The summed E-state index contributed by atoms with van der Waals surface area (Å²) in [6.07, 6.45) is -0.0107. The Labute approximate surface area is 159 Å².